The number of hydrogen-bond acceptors (Lipinski definition) is 2. The summed E-state index contributed by atoms with van der Waals surface area (Å²) in [6, 6.07) is 0. The van der Waals surface area contributed by atoms with Crippen molar-refractivity contribution in [3.8, 4) is 0 Å². The van der Waals surface area contributed by atoms with Crippen LogP contribution < -0.4 is 5.73 Å². The molecule has 2 fully saturated rings. The highest BCUT2D eigenvalue weighted by molar-refractivity contribution is 5.02. The number of rotatable bonds is 3. The minimum Gasteiger partial charge on any atom is -0.329 e. The normalized spacial score (nSPS) is 38.5. The number of likely N-dealkylation sites (tertiary alicyclic amines) is 1. The zero-order chi connectivity index (χ0) is 12.5. The Kier molecular flexibility index (Phi) is 3.84. The molecule has 2 nitrogen and oxygen atoms in total. The highest BCUT2D eigenvalue weighted by Crippen LogP contribution is 2.44. The van der Waals surface area contributed by atoms with E-state index in [4.69, 9.17) is 5.73 Å². The van der Waals surface area contributed by atoms with Crippen LogP contribution in [0.2, 0.25) is 0 Å². The molecule has 1 saturated heterocycles. The van der Waals surface area contributed by atoms with E-state index in [0.717, 1.165) is 12.5 Å². The van der Waals surface area contributed by atoms with E-state index in [9.17, 15) is 0 Å². The van der Waals surface area contributed by atoms with E-state index in [2.05, 4.69) is 25.7 Å². The minimum absolute atomic E-state index is 0.352. The monoisotopic (exact) mass is 238 g/mol. The van der Waals surface area contributed by atoms with Gasteiger partial charge < -0.3 is 5.73 Å². The van der Waals surface area contributed by atoms with Gasteiger partial charge in [0.25, 0.3) is 0 Å². The van der Waals surface area contributed by atoms with E-state index in [1.807, 2.05) is 0 Å². The number of nitrogens with zero attached hydrogens (tertiary/aromatic N) is 1. The lowest BCUT2D eigenvalue weighted by atomic mass is 9.77. The molecule has 0 aromatic rings. The molecule has 0 aromatic heterocycles. The highest BCUT2D eigenvalue weighted by atomic mass is 15.2. The van der Waals surface area contributed by atoms with E-state index in [1.165, 1.54) is 51.6 Å². The standard InChI is InChI=1S/C15H30N2/c1-4-13-6-5-7-15(13,12-16)17-10-8-14(2,3)9-11-17/h13H,4-12,16H2,1-3H3. The Hall–Kier alpha value is -0.0800. The number of hydrogen-bond donors (Lipinski definition) is 1. The molecule has 1 heterocycles. The van der Waals surface area contributed by atoms with Crippen molar-refractivity contribution in [2.75, 3.05) is 19.6 Å². The fourth-order valence-corrected chi connectivity index (χ4v) is 4.08. The van der Waals surface area contributed by atoms with Crippen LogP contribution >= 0.6 is 0 Å². The van der Waals surface area contributed by atoms with Crippen LogP contribution in [0, 0.1) is 11.3 Å². The lowest BCUT2D eigenvalue weighted by Gasteiger charge is -2.49. The van der Waals surface area contributed by atoms with E-state index >= 15 is 0 Å². The van der Waals surface area contributed by atoms with Gasteiger partial charge in [-0.05, 0) is 50.1 Å². The van der Waals surface area contributed by atoms with Crippen LogP contribution in [0.5, 0.6) is 0 Å². The third-order valence-corrected chi connectivity index (χ3v) is 5.52. The van der Waals surface area contributed by atoms with Gasteiger partial charge in [0.2, 0.25) is 0 Å². The van der Waals surface area contributed by atoms with E-state index < -0.39 is 0 Å². The lowest BCUT2D eigenvalue weighted by Crippen LogP contribution is -2.59. The molecule has 1 saturated carbocycles. The Morgan fingerprint density at radius 2 is 1.82 bits per heavy atom. The topological polar surface area (TPSA) is 29.3 Å². The van der Waals surface area contributed by atoms with E-state index in [1.54, 1.807) is 0 Å². The average Bonchev–Trinajstić information content (AvgIpc) is 2.73. The van der Waals surface area contributed by atoms with Crippen LogP contribution in [0.25, 0.3) is 0 Å². The maximum atomic E-state index is 6.19. The highest BCUT2D eigenvalue weighted by Gasteiger charge is 2.46. The first-order valence-corrected chi connectivity index (χ1v) is 7.49. The van der Waals surface area contributed by atoms with Gasteiger partial charge >= 0.3 is 0 Å². The molecule has 2 heteroatoms. The van der Waals surface area contributed by atoms with Crippen molar-refractivity contribution in [2.45, 2.75) is 64.8 Å². The third kappa shape index (κ3) is 2.39. The van der Waals surface area contributed by atoms with E-state index in [-0.39, 0.29) is 0 Å². The second-order valence-corrected chi connectivity index (χ2v) is 6.96. The predicted molar refractivity (Wildman–Crippen MR) is 74.0 cm³/mol. The van der Waals surface area contributed by atoms with Gasteiger partial charge in [0.05, 0.1) is 0 Å². The van der Waals surface area contributed by atoms with Crippen molar-refractivity contribution in [3.63, 3.8) is 0 Å². The summed E-state index contributed by atoms with van der Waals surface area (Å²) >= 11 is 0. The molecular formula is C15H30N2. The maximum Gasteiger partial charge on any atom is 0.0359 e. The Labute approximate surface area is 107 Å². The Balaban J connectivity index is 2.09. The van der Waals surface area contributed by atoms with Crippen molar-refractivity contribution >= 4 is 0 Å². The molecule has 0 spiro atoms. The summed E-state index contributed by atoms with van der Waals surface area (Å²) in [6.45, 7) is 10.6. The average molecular weight is 238 g/mol. The van der Waals surface area contributed by atoms with Crippen molar-refractivity contribution in [1.82, 2.24) is 4.90 Å². The van der Waals surface area contributed by atoms with Gasteiger partial charge in [-0.15, -0.1) is 0 Å². The van der Waals surface area contributed by atoms with Crippen LogP contribution in [-0.2, 0) is 0 Å². The summed E-state index contributed by atoms with van der Waals surface area (Å²) in [5, 5.41) is 0. The Morgan fingerprint density at radius 1 is 1.18 bits per heavy atom. The van der Waals surface area contributed by atoms with Crippen LogP contribution in [0.4, 0.5) is 0 Å². The zero-order valence-corrected chi connectivity index (χ0v) is 12.0. The molecule has 2 rings (SSSR count). The molecule has 100 valence electrons. The molecule has 0 radical (unpaired) electrons. The SMILES string of the molecule is CCC1CCCC1(CN)N1CCC(C)(C)CC1. The number of nitrogens with two attached hydrogens (primary N) is 1. The first-order chi connectivity index (χ1) is 8.04. The van der Waals surface area contributed by atoms with Gasteiger partial charge in [0.15, 0.2) is 0 Å². The summed E-state index contributed by atoms with van der Waals surface area (Å²) in [6.07, 6.45) is 8.10. The van der Waals surface area contributed by atoms with Gasteiger partial charge in [-0.1, -0.05) is 33.6 Å². The van der Waals surface area contributed by atoms with Gasteiger partial charge in [-0.2, -0.15) is 0 Å². The zero-order valence-electron chi connectivity index (χ0n) is 12.0. The summed E-state index contributed by atoms with van der Waals surface area (Å²) in [7, 11) is 0. The molecule has 2 atom stereocenters. The van der Waals surface area contributed by atoms with Gasteiger partial charge in [0.1, 0.15) is 0 Å². The van der Waals surface area contributed by atoms with Crippen LogP contribution in [0.3, 0.4) is 0 Å². The second kappa shape index (κ2) is 4.89. The molecule has 1 aliphatic heterocycles. The summed E-state index contributed by atoms with van der Waals surface area (Å²) < 4.78 is 0. The van der Waals surface area contributed by atoms with Crippen molar-refractivity contribution < 1.29 is 0 Å². The minimum atomic E-state index is 0.352. The smallest absolute Gasteiger partial charge is 0.0359 e. The lowest BCUT2D eigenvalue weighted by molar-refractivity contribution is 0.00747. The predicted octanol–water partition coefficient (Wildman–Crippen LogP) is 3.02. The molecule has 0 aromatic carbocycles. The quantitative estimate of drug-likeness (QED) is 0.819. The maximum absolute atomic E-state index is 6.19. The van der Waals surface area contributed by atoms with Gasteiger partial charge in [-0.25, -0.2) is 0 Å². The first-order valence-electron chi connectivity index (χ1n) is 7.49. The molecule has 2 unspecified atom stereocenters. The van der Waals surface area contributed by atoms with E-state index in [0.29, 0.717) is 11.0 Å². The molecule has 0 amide bonds. The van der Waals surface area contributed by atoms with Crippen molar-refractivity contribution in [2.24, 2.45) is 17.1 Å². The number of piperidine rings is 1. The van der Waals surface area contributed by atoms with Crippen LogP contribution in [0.1, 0.15) is 59.3 Å². The Bertz CT molecular complexity index is 252. The van der Waals surface area contributed by atoms with Crippen LogP contribution in [0.15, 0.2) is 0 Å². The van der Waals surface area contributed by atoms with Gasteiger partial charge in [-0.3, -0.25) is 4.90 Å². The fraction of sp³-hybridized carbons (Fsp3) is 1.00. The molecule has 0 bridgehead atoms. The summed E-state index contributed by atoms with van der Waals surface area (Å²) in [5.41, 5.74) is 7.09. The largest absolute Gasteiger partial charge is 0.329 e. The molecule has 2 N–H and O–H groups in total. The van der Waals surface area contributed by atoms with Gasteiger partial charge in [0, 0.05) is 12.1 Å². The molecular weight excluding hydrogens is 208 g/mol. The molecule has 2 aliphatic rings. The van der Waals surface area contributed by atoms with Crippen molar-refractivity contribution in [3.05, 3.63) is 0 Å². The van der Waals surface area contributed by atoms with Crippen molar-refractivity contribution in [1.29, 1.82) is 0 Å². The molecule has 1 aliphatic carbocycles. The second-order valence-electron chi connectivity index (χ2n) is 6.96. The first kappa shape index (κ1) is 13.4. The molecule has 17 heavy (non-hydrogen) atoms. The third-order valence-electron chi connectivity index (χ3n) is 5.52. The summed E-state index contributed by atoms with van der Waals surface area (Å²) in [4.78, 5) is 2.75. The summed E-state index contributed by atoms with van der Waals surface area (Å²) in [5.74, 6) is 0.841. The van der Waals surface area contributed by atoms with Crippen LogP contribution in [-0.4, -0.2) is 30.1 Å². The fourth-order valence-electron chi connectivity index (χ4n) is 4.08. The Morgan fingerprint density at radius 3 is 2.35 bits per heavy atom.